The lowest BCUT2D eigenvalue weighted by Gasteiger charge is -2.44. The third-order valence-electron chi connectivity index (χ3n) is 6.05. The van der Waals surface area contributed by atoms with Crippen LogP contribution in [0.25, 0.3) is 0 Å². The Labute approximate surface area is 182 Å². The van der Waals surface area contributed by atoms with Gasteiger partial charge in [-0.1, -0.05) is 42.5 Å². The van der Waals surface area contributed by atoms with Crippen molar-refractivity contribution in [3.8, 4) is 0 Å². The lowest BCUT2D eigenvalue weighted by molar-refractivity contribution is -0.134. The molecule has 1 N–H and O–H groups in total. The Balaban J connectivity index is 1.33. The molecular weight excluding hydrogens is 394 g/mol. The van der Waals surface area contributed by atoms with Crippen LogP contribution in [0.4, 0.5) is 10.5 Å². The minimum atomic E-state index is -0.145. The highest BCUT2D eigenvalue weighted by Gasteiger charge is 2.46. The third kappa shape index (κ3) is 4.64. The van der Waals surface area contributed by atoms with Crippen LogP contribution in [0.5, 0.6) is 0 Å². The molecule has 0 unspecified atom stereocenters. The van der Waals surface area contributed by atoms with Gasteiger partial charge in [0, 0.05) is 37.5 Å². The van der Waals surface area contributed by atoms with Gasteiger partial charge in [0.05, 0.1) is 4.87 Å². The SMILES string of the molecule is Cc1cccc(NC(=O)N2CCC3(CC2)SCCN3C(=O)CCc2ccccc2)c1. The number of amides is 3. The standard InChI is InChI=1S/C24H29N3O2S/c1-19-6-5-9-21(18-19)25-23(29)26-14-12-24(13-15-26)27(16-17-30-24)22(28)11-10-20-7-3-2-4-8-20/h2-9,18H,10-17H2,1H3,(H,25,29). The summed E-state index contributed by atoms with van der Waals surface area (Å²) in [5.41, 5.74) is 3.15. The van der Waals surface area contributed by atoms with Crippen molar-refractivity contribution < 1.29 is 9.59 Å². The van der Waals surface area contributed by atoms with Crippen molar-refractivity contribution >= 4 is 29.4 Å². The second-order valence-electron chi connectivity index (χ2n) is 8.11. The number of carbonyl (C=O) groups is 2. The number of rotatable bonds is 4. The maximum Gasteiger partial charge on any atom is 0.321 e. The van der Waals surface area contributed by atoms with E-state index in [0.717, 1.165) is 42.8 Å². The summed E-state index contributed by atoms with van der Waals surface area (Å²) in [7, 11) is 0. The van der Waals surface area contributed by atoms with Gasteiger partial charge in [-0.05, 0) is 49.4 Å². The number of nitrogens with one attached hydrogen (secondary N) is 1. The number of urea groups is 1. The molecule has 0 saturated carbocycles. The Morgan fingerprint density at radius 3 is 2.53 bits per heavy atom. The van der Waals surface area contributed by atoms with E-state index in [1.807, 2.05) is 66.1 Å². The number of benzene rings is 2. The molecule has 3 amide bonds. The summed E-state index contributed by atoms with van der Waals surface area (Å²) in [4.78, 5) is 29.5. The first kappa shape index (κ1) is 20.8. The van der Waals surface area contributed by atoms with Crippen LogP contribution in [0.1, 0.15) is 30.4 Å². The molecule has 158 valence electrons. The largest absolute Gasteiger partial charge is 0.327 e. The van der Waals surface area contributed by atoms with Crippen LogP contribution in [0, 0.1) is 6.92 Å². The molecular formula is C24H29N3O2S. The number of hydrogen-bond donors (Lipinski definition) is 1. The van der Waals surface area contributed by atoms with E-state index in [0.29, 0.717) is 19.5 Å². The van der Waals surface area contributed by atoms with E-state index in [1.165, 1.54) is 5.56 Å². The lowest BCUT2D eigenvalue weighted by atomic mass is 10.0. The maximum atomic E-state index is 13.0. The molecule has 2 saturated heterocycles. The monoisotopic (exact) mass is 423 g/mol. The Kier molecular flexibility index (Phi) is 6.32. The number of aryl methyl sites for hydroxylation is 2. The molecule has 6 heteroatoms. The van der Waals surface area contributed by atoms with Crippen LogP contribution in [0.3, 0.4) is 0 Å². The number of anilines is 1. The zero-order valence-electron chi connectivity index (χ0n) is 17.5. The van der Waals surface area contributed by atoms with Crippen molar-refractivity contribution in [1.29, 1.82) is 0 Å². The van der Waals surface area contributed by atoms with Crippen molar-refractivity contribution in [2.45, 2.75) is 37.5 Å². The Bertz CT molecular complexity index is 894. The van der Waals surface area contributed by atoms with Gasteiger partial charge in [-0.25, -0.2) is 4.79 Å². The number of nitrogens with zero attached hydrogens (tertiary/aromatic N) is 2. The first-order chi connectivity index (χ1) is 14.6. The molecule has 0 atom stereocenters. The summed E-state index contributed by atoms with van der Waals surface area (Å²) in [6.07, 6.45) is 2.98. The number of hydrogen-bond acceptors (Lipinski definition) is 3. The molecule has 0 radical (unpaired) electrons. The summed E-state index contributed by atoms with van der Waals surface area (Å²) in [6, 6.07) is 18.0. The molecule has 1 spiro atoms. The van der Waals surface area contributed by atoms with E-state index in [1.54, 1.807) is 0 Å². The molecule has 0 aliphatic carbocycles. The average Bonchev–Trinajstić information content (AvgIpc) is 3.16. The lowest BCUT2D eigenvalue weighted by Crippen LogP contribution is -2.54. The highest BCUT2D eigenvalue weighted by atomic mass is 32.2. The van der Waals surface area contributed by atoms with E-state index >= 15 is 0 Å². The van der Waals surface area contributed by atoms with E-state index in [-0.39, 0.29) is 16.8 Å². The van der Waals surface area contributed by atoms with Crippen LogP contribution < -0.4 is 5.32 Å². The van der Waals surface area contributed by atoms with Crippen molar-refractivity contribution in [2.24, 2.45) is 0 Å². The number of carbonyl (C=O) groups excluding carboxylic acids is 2. The van der Waals surface area contributed by atoms with Gasteiger partial charge in [-0.3, -0.25) is 4.79 Å². The highest BCUT2D eigenvalue weighted by Crippen LogP contribution is 2.44. The van der Waals surface area contributed by atoms with Crippen molar-refractivity contribution in [3.05, 3.63) is 65.7 Å². The fourth-order valence-corrected chi connectivity index (χ4v) is 5.86. The molecule has 30 heavy (non-hydrogen) atoms. The van der Waals surface area contributed by atoms with Gasteiger partial charge in [0.2, 0.25) is 5.91 Å². The minimum Gasteiger partial charge on any atom is -0.327 e. The zero-order chi connectivity index (χ0) is 21.0. The Hall–Kier alpha value is -2.47. The molecule has 2 fully saturated rings. The fourth-order valence-electron chi connectivity index (χ4n) is 4.39. The number of thioether (sulfide) groups is 1. The fraction of sp³-hybridized carbons (Fsp3) is 0.417. The van der Waals surface area contributed by atoms with Gasteiger partial charge in [0.25, 0.3) is 0 Å². The quantitative estimate of drug-likeness (QED) is 0.786. The predicted molar refractivity (Wildman–Crippen MR) is 123 cm³/mol. The molecule has 2 aliphatic heterocycles. The van der Waals surface area contributed by atoms with Gasteiger partial charge in [0.1, 0.15) is 0 Å². The second-order valence-corrected chi connectivity index (χ2v) is 9.57. The van der Waals surface area contributed by atoms with Gasteiger partial charge in [-0.15, -0.1) is 11.8 Å². The van der Waals surface area contributed by atoms with E-state index in [2.05, 4.69) is 22.3 Å². The minimum absolute atomic E-state index is 0.0552. The topological polar surface area (TPSA) is 52.7 Å². The molecule has 2 aromatic rings. The second kappa shape index (κ2) is 9.13. The third-order valence-corrected chi connectivity index (χ3v) is 7.60. The average molecular weight is 424 g/mol. The van der Waals surface area contributed by atoms with Gasteiger partial charge in [0.15, 0.2) is 0 Å². The first-order valence-corrected chi connectivity index (χ1v) is 11.7. The first-order valence-electron chi connectivity index (χ1n) is 10.7. The highest BCUT2D eigenvalue weighted by molar-refractivity contribution is 8.00. The van der Waals surface area contributed by atoms with Crippen LogP contribution in [0.2, 0.25) is 0 Å². The normalized spacial score (nSPS) is 17.9. The van der Waals surface area contributed by atoms with E-state index in [9.17, 15) is 9.59 Å². The van der Waals surface area contributed by atoms with Gasteiger partial charge in [-0.2, -0.15) is 0 Å². The number of likely N-dealkylation sites (tertiary alicyclic amines) is 1. The molecule has 2 aliphatic rings. The van der Waals surface area contributed by atoms with Crippen LogP contribution >= 0.6 is 11.8 Å². The molecule has 2 heterocycles. The van der Waals surface area contributed by atoms with Crippen molar-refractivity contribution in [2.75, 3.05) is 30.7 Å². The Morgan fingerprint density at radius 2 is 1.80 bits per heavy atom. The van der Waals surface area contributed by atoms with E-state index < -0.39 is 0 Å². The summed E-state index contributed by atoms with van der Waals surface area (Å²) in [5, 5.41) is 3.00. The summed E-state index contributed by atoms with van der Waals surface area (Å²) in [5.74, 6) is 1.22. The van der Waals surface area contributed by atoms with Crippen LogP contribution in [-0.4, -0.2) is 52.0 Å². The van der Waals surface area contributed by atoms with Crippen LogP contribution in [0.15, 0.2) is 54.6 Å². The summed E-state index contributed by atoms with van der Waals surface area (Å²) >= 11 is 1.89. The summed E-state index contributed by atoms with van der Waals surface area (Å²) in [6.45, 7) is 4.18. The van der Waals surface area contributed by atoms with Crippen molar-refractivity contribution in [3.63, 3.8) is 0 Å². The predicted octanol–water partition coefficient (Wildman–Crippen LogP) is 4.53. The molecule has 2 aromatic carbocycles. The molecule has 0 aromatic heterocycles. The van der Waals surface area contributed by atoms with Gasteiger partial charge >= 0.3 is 6.03 Å². The molecule has 5 nitrogen and oxygen atoms in total. The zero-order valence-corrected chi connectivity index (χ0v) is 18.3. The Morgan fingerprint density at radius 1 is 1.03 bits per heavy atom. The number of piperidine rings is 1. The van der Waals surface area contributed by atoms with Crippen LogP contribution in [-0.2, 0) is 11.2 Å². The van der Waals surface area contributed by atoms with E-state index in [4.69, 9.17) is 0 Å². The molecule has 4 rings (SSSR count). The molecule has 0 bridgehead atoms. The maximum absolute atomic E-state index is 13.0. The summed E-state index contributed by atoms with van der Waals surface area (Å²) < 4.78 is 0. The van der Waals surface area contributed by atoms with Crippen molar-refractivity contribution in [1.82, 2.24) is 9.80 Å². The van der Waals surface area contributed by atoms with Gasteiger partial charge < -0.3 is 15.1 Å². The smallest absolute Gasteiger partial charge is 0.321 e.